The van der Waals surface area contributed by atoms with Crippen LogP contribution in [0.25, 0.3) is 0 Å². The Morgan fingerprint density at radius 2 is 1.93 bits per heavy atom. The van der Waals surface area contributed by atoms with Gasteiger partial charge in [-0.3, -0.25) is 4.79 Å². The van der Waals surface area contributed by atoms with Gasteiger partial charge in [-0.15, -0.1) is 0 Å². The molecule has 1 fully saturated rings. The molecule has 3 heterocycles. The summed E-state index contributed by atoms with van der Waals surface area (Å²) in [7, 11) is 5.21. The van der Waals surface area contributed by atoms with Crippen LogP contribution in [0, 0.1) is 0 Å². The highest BCUT2D eigenvalue weighted by molar-refractivity contribution is 5.92. The van der Waals surface area contributed by atoms with E-state index in [1.165, 1.54) is 11.1 Å². The van der Waals surface area contributed by atoms with Crippen molar-refractivity contribution in [1.29, 1.82) is 0 Å². The first-order chi connectivity index (χ1) is 13.5. The first-order valence-electron chi connectivity index (χ1n) is 9.78. The van der Waals surface area contributed by atoms with Crippen LogP contribution in [0.15, 0.2) is 36.4 Å². The quantitative estimate of drug-likeness (QED) is 0.818. The second kappa shape index (κ2) is 7.43. The number of hydrogen-bond acceptors (Lipinski definition) is 5. The molecule has 0 saturated carbocycles. The van der Waals surface area contributed by atoms with E-state index in [0.29, 0.717) is 5.69 Å². The van der Waals surface area contributed by atoms with Crippen LogP contribution in [-0.4, -0.2) is 56.7 Å². The maximum atomic E-state index is 12.2. The molecule has 1 aromatic heterocycles. The van der Waals surface area contributed by atoms with E-state index in [9.17, 15) is 4.79 Å². The summed E-state index contributed by atoms with van der Waals surface area (Å²) in [6.07, 6.45) is 2.66. The molecule has 4 rings (SSSR count). The number of nitrogens with zero attached hydrogens (tertiary/aromatic N) is 3. The van der Waals surface area contributed by atoms with Crippen molar-refractivity contribution in [3.8, 4) is 5.75 Å². The maximum absolute atomic E-state index is 12.2. The summed E-state index contributed by atoms with van der Waals surface area (Å²) in [5.74, 6) is 1.69. The Labute approximate surface area is 166 Å². The fourth-order valence-corrected chi connectivity index (χ4v) is 4.34. The molecule has 1 saturated heterocycles. The Balaban J connectivity index is 1.57. The third-order valence-electron chi connectivity index (χ3n) is 5.79. The second-order valence-electron chi connectivity index (χ2n) is 7.65. The number of anilines is 1. The van der Waals surface area contributed by atoms with E-state index in [2.05, 4.69) is 22.0 Å². The molecule has 0 atom stereocenters. The number of benzene rings is 1. The molecular formula is C22H27N3O3. The highest BCUT2D eigenvalue weighted by Gasteiger charge is 2.43. The lowest BCUT2D eigenvalue weighted by atomic mass is 9.79. The molecule has 0 radical (unpaired) electrons. The standard InChI is InChI=1S/C22H27N3O3/c1-24(2)21(26)17-7-5-9-19(23-17)25-13-11-22(12-14-25)20-16(10-15-28-22)6-4-8-18(20)27-3/h4-9H,10-15H2,1-3H3. The zero-order chi connectivity index (χ0) is 19.7. The molecule has 0 bridgehead atoms. The van der Waals surface area contributed by atoms with Crippen LogP contribution in [0.3, 0.4) is 0 Å². The molecule has 6 heteroatoms. The van der Waals surface area contributed by atoms with Gasteiger partial charge in [-0.1, -0.05) is 18.2 Å². The summed E-state index contributed by atoms with van der Waals surface area (Å²) in [4.78, 5) is 20.6. The Kier molecular flexibility index (Phi) is 4.98. The van der Waals surface area contributed by atoms with E-state index in [4.69, 9.17) is 9.47 Å². The smallest absolute Gasteiger partial charge is 0.272 e. The third kappa shape index (κ3) is 3.22. The lowest BCUT2D eigenvalue weighted by Crippen LogP contribution is -2.47. The van der Waals surface area contributed by atoms with E-state index >= 15 is 0 Å². The van der Waals surface area contributed by atoms with Gasteiger partial charge < -0.3 is 19.3 Å². The fourth-order valence-electron chi connectivity index (χ4n) is 4.34. The summed E-state index contributed by atoms with van der Waals surface area (Å²) in [5, 5.41) is 0. The van der Waals surface area contributed by atoms with E-state index in [0.717, 1.165) is 50.5 Å². The van der Waals surface area contributed by atoms with E-state index in [1.807, 2.05) is 18.2 Å². The van der Waals surface area contributed by atoms with Gasteiger partial charge in [0.05, 0.1) is 13.7 Å². The second-order valence-corrected chi connectivity index (χ2v) is 7.65. The molecule has 28 heavy (non-hydrogen) atoms. The number of ether oxygens (including phenoxy) is 2. The minimum atomic E-state index is -0.298. The molecule has 6 nitrogen and oxygen atoms in total. The first-order valence-corrected chi connectivity index (χ1v) is 9.78. The predicted molar refractivity (Wildman–Crippen MR) is 108 cm³/mol. The number of fused-ring (bicyclic) bond motifs is 2. The van der Waals surface area contributed by atoms with Crippen LogP contribution in [0.2, 0.25) is 0 Å². The van der Waals surface area contributed by atoms with Gasteiger partial charge in [0.25, 0.3) is 5.91 Å². The molecule has 1 aromatic carbocycles. The SMILES string of the molecule is COc1cccc2c1C1(CCN(c3cccc(C(=O)N(C)C)n3)CC1)OCC2. The number of rotatable bonds is 3. The zero-order valence-electron chi connectivity index (χ0n) is 16.8. The predicted octanol–water partition coefficient (Wildman–Crippen LogP) is 2.86. The van der Waals surface area contributed by atoms with Gasteiger partial charge in [-0.05, 0) is 43.0 Å². The largest absolute Gasteiger partial charge is 0.496 e. The van der Waals surface area contributed by atoms with Gasteiger partial charge in [0.2, 0.25) is 0 Å². The van der Waals surface area contributed by atoms with Crippen molar-refractivity contribution in [1.82, 2.24) is 9.88 Å². The van der Waals surface area contributed by atoms with Gasteiger partial charge >= 0.3 is 0 Å². The van der Waals surface area contributed by atoms with Crippen molar-refractivity contribution in [3.05, 3.63) is 53.2 Å². The van der Waals surface area contributed by atoms with Gasteiger partial charge in [-0.2, -0.15) is 0 Å². The van der Waals surface area contributed by atoms with Crippen molar-refractivity contribution >= 4 is 11.7 Å². The minimum absolute atomic E-state index is 0.0791. The molecule has 1 spiro atoms. The number of carbonyl (C=O) groups is 1. The van der Waals surface area contributed by atoms with Crippen LogP contribution in [-0.2, 0) is 16.8 Å². The third-order valence-corrected chi connectivity index (χ3v) is 5.79. The molecule has 2 aliphatic heterocycles. The van der Waals surface area contributed by atoms with Gasteiger partial charge in [-0.25, -0.2) is 4.98 Å². The number of methoxy groups -OCH3 is 1. The number of aromatic nitrogens is 1. The highest BCUT2D eigenvalue weighted by atomic mass is 16.5. The average molecular weight is 381 g/mol. The summed E-state index contributed by atoms with van der Waals surface area (Å²) in [5.41, 5.74) is 2.72. The first kappa shape index (κ1) is 18.7. The van der Waals surface area contributed by atoms with Crippen LogP contribution in [0.1, 0.15) is 34.5 Å². The summed E-state index contributed by atoms with van der Waals surface area (Å²) >= 11 is 0. The van der Waals surface area contributed by atoms with Crippen molar-refractivity contribution < 1.29 is 14.3 Å². The molecule has 148 valence electrons. The molecule has 2 aromatic rings. The minimum Gasteiger partial charge on any atom is -0.496 e. The normalized spacial score (nSPS) is 17.9. The Morgan fingerprint density at radius 3 is 2.64 bits per heavy atom. The van der Waals surface area contributed by atoms with Crippen LogP contribution in [0.5, 0.6) is 5.75 Å². The van der Waals surface area contributed by atoms with Crippen molar-refractivity contribution in [2.24, 2.45) is 0 Å². The maximum Gasteiger partial charge on any atom is 0.272 e. The van der Waals surface area contributed by atoms with Crippen molar-refractivity contribution in [2.45, 2.75) is 24.9 Å². The number of amides is 1. The monoisotopic (exact) mass is 381 g/mol. The van der Waals surface area contributed by atoms with Gasteiger partial charge in [0.1, 0.15) is 22.9 Å². The Bertz CT molecular complexity index is 859. The topological polar surface area (TPSA) is 54.9 Å². The van der Waals surface area contributed by atoms with Crippen LogP contribution < -0.4 is 9.64 Å². The molecule has 0 unspecified atom stereocenters. The number of piperidine rings is 1. The Hall–Kier alpha value is -2.60. The lowest BCUT2D eigenvalue weighted by molar-refractivity contribution is -0.0780. The van der Waals surface area contributed by atoms with Gasteiger partial charge in [0.15, 0.2) is 0 Å². The van der Waals surface area contributed by atoms with E-state index in [1.54, 1.807) is 32.2 Å². The molecule has 1 amide bonds. The lowest BCUT2D eigenvalue weighted by Gasteiger charge is -2.45. The van der Waals surface area contributed by atoms with Gasteiger partial charge in [0, 0.05) is 32.7 Å². The number of hydrogen-bond donors (Lipinski definition) is 0. The fraction of sp³-hybridized carbons (Fsp3) is 0.455. The van der Waals surface area contributed by atoms with Crippen molar-refractivity contribution in [2.75, 3.05) is 45.8 Å². The van der Waals surface area contributed by atoms with E-state index in [-0.39, 0.29) is 11.5 Å². The molecule has 2 aliphatic rings. The highest BCUT2D eigenvalue weighted by Crippen LogP contribution is 2.46. The summed E-state index contributed by atoms with van der Waals surface area (Å²) < 4.78 is 12.0. The summed E-state index contributed by atoms with van der Waals surface area (Å²) in [6.45, 7) is 2.39. The van der Waals surface area contributed by atoms with Crippen LogP contribution >= 0.6 is 0 Å². The molecular weight excluding hydrogens is 354 g/mol. The molecule has 0 aliphatic carbocycles. The van der Waals surface area contributed by atoms with E-state index < -0.39 is 0 Å². The summed E-state index contributed by atoms with van der Waals surface area (Å²) in [6, 6.07) is 11.9. The average Bonchev–Trinajstić information content (AvgIpc) is 2.73. The Morgan fingerprint density at radius 1 is 1.18 bits per heavy atom. The number of carbonyl (C=O) groups excluding carboxylic acids is 1. The zero-order valence-corrected chi connectivity index (χ0v) is 16.8. The van der Waals surface area contributed by atoms with Crippen LogP contribution in [0.4, 0.5) is 5.82 Å². The van der Waals surface area contributed by atoms with Crippen molar-refractivity contribution in [3.63, 3.8) is 0 Å². The molecule has 0 N–H and O–H groups in total. The number of pyridine rings is 1.